The van der Waals surface area contributed by atoms with Gasteiger partial charge in [-0.1, -0.05) is 42.0 Å². The molecule has 0 fully saturated rings. The first-order valence-electron chi connectivity index (χ1n) is 10.6. The van der Waals surface area contributed by atoms with Crippen molar-refractivity contribution in [2.24, 2.45) is 0 Å². The lowest BCUT2D eigenvalue weighted by Crippen LogP contribution is -2.17. The standard InChI is InChI=1S/C26H30BrNO3/c1-4-30-25-16-22(17-28-14-13-20-9-11-23(29-3)12-10-20)15-24(27)26(25)31-18-21-7-5-19(2)6-8-21/h5-12,15-16,28H,4,13-14,17-18H2,1-3H3. The second-order valence-electron chi connectivity index (χ2n) is 7.39. The number of nitrogens with one attached hydrogen (secondary N) is 1. The molecule has 31 heavy (non-hydrogen) atoms. The van der Waals surface area contributed by atoms with Crippen LogP contribution in [0.5, 0.6) is 17.2 Å². The van der Waals surface area contributed by atoms with E-state index in [1.54, 1.807) is 7.11 Å². The van der Waals surface area contributed by atoms with Gasteiger partial charge in [-0.15, -0.1) is 0 Å². The third-order valence-corrected chi connectivity index (χ3v) is 5.54. The zero-order chi connectivity index (χ0) is 22.1. The number of halogens is 1. The molecule has 164 valence electrons. The predicted molar refractivity (Wildman–Crippen MR) is 129 cm³/mol. The van der Waals surface area contributed by atoms with E-state index in [9.17, 15) is 0 Å². The second kappa shape index (κ2) is 11.8. The summed E-state index contributed by atoms with van der Waals surface area (Å²) in [5.41, 5.74) is 4.80. The molecule has 0 aliphatic carbocycles. The molecule has 0 unspecified atom stereocenters. The Kier molecular flexibility index (Phi) is 8.80. The van der Waals surface area contributed by atoms with Crippen LogP contribution in [0.3, 0.4) is 0 Å². The van der Waals surface area contributed by atoms with E-state index in [0.717, 1.165) is 52.4 Å². The summed E-state index contributed by atoms with van der Waals surface area (Å²) in [5, 5.41) is 3.51. The summed E-state index contributed by atoms with van der Waals surface area (Å²) in [6, 6.07) is 20.7. The average molecular weight is 484 g/mol. The van der Waals surface area contributed by atoms with Crippen LogP contribution in [0.2, 0.25) is 0 Å². The lowest BCUT2D eigenvalue weighted by atomic mass is 10.1. The first kappa shape index (κ1) is 23.2. The summed E-state index contributed by atoms with van der Waals surface area (Å²) in [6.07, 6.45) is 0.960. The smallest absolute Gasteiger partial charge is 0.175 e. The molecule has 0 atom stereocenters. The summed E-state index contributed by atoms with van der Waals surface area (Å²) in [5.74, 6) is 2.38. The summed E-state index contributed by atoms with van der Waals surface area (Å²) in [6.45, 7) is 6.79. The van der Waals surface area contributed by atoms with Crippen LogP contribution < -0.4 is 19.5 Å². The molecule has 0 radical (unpaired) electrons. The lowest BCUT2D eigenvalue weighted by Gasteiger charge is -2.16. The highest BCUT2D eigenvalue weighted by Gasteiger charge is 2.13. The quantitative estimate of drug-likeness (QED) is 0.335. The highest BCUT2D eigenvalue weighted by Crippen LogP contribution is 2.37. The van der Waals surface area contributed by atoms with Crippen molar-refractivity contribution in [3.63, 3.8) is 0 Å². The van der Waals surface area contributed by atoms with Crippen LogP contribution in [-0.2, 0) is 19.6 Å². The van der Waals surface area contributed by atoms with Crippen LogP contribution in [0.1, 0.15) is 29.2 Å². The van der Waals surface area contributed by atoms with Crippen molar-refractivity contribution >= 4 is 15.9 Å². The van der Waals surface area contributed by atoms with Gasteiger partial charge in [-0.2, -0.15) is 0 Å². The topological polar surface area (TPSA) is 39.7 Å². The summed E-state index contributed by atoms with van der Waals surface area (Å²) in [7, 11) is 1.68. The number of benzene rings is 3. The molecule has 0 aliphatic heterocycles. The van der Waals surface area contributed by atoms with Crippen molar-refractivity contribution in [2.75, 3.05) is 20.3 Å². The van der Waals surface area contributed by atoms with Gasteiger partial charge in [-0.25, -0.2) is 0 Å². The van der Waals surface area contributed by atoms with Crippen LogP contribution >= 0.6 is 15.9 Å². The Balaban J connectivity index is 1.58. The molecule has 0 aromatic heterocycles. The average Bonchev–Trinajstić information content (AvgIpc) is 2.78. The fraction of sp³-hybridized carbons (Fsp3) is 0.308. The minimum absolute atomic E-state index is 0.498. The molecule has 0 amide bonds. The number of rotatable bonds is 11. The van der Waals surface area contributed by atoms with E-state index in [1.165, 1.54) is 11.1 Å². The highest BCUT2D eigenvalue weighted by molar-refractivity contribution is 9.10. The number of hydrogen-bond donors (Lipinski definition) is 1. The molecule has 5 heteroatoms. The maximum Gasteiger partial charge on any atom is 0.175 e. The molecule has 0 spiro atoms. The molecule has 3 rings (SSSR count). The molecular weight excluding hydrogens is 454 g/mol. The lowest BCUT2D eigenvalue weighted by molar-refractivity contribution is 0.267. The predicted octanol–water partition coefficient (Wildman–Crippen LogP) is 6.08. The van der Waals surface area contributed by atoms with E-state index >= 15 is 0 Å². The van der Waals surface area contributed by atoms with Crippen molar-refractivity contribution < 1.29 is 14.2 Å². The van der Waals surface area contributed by atoms with Gasteiger partial charge in [0.05, 0.1) is 18.2 Å². The largest absolute Gasteiger partial charge is 0.497 e. The van der Waals surface area contributed by atoms with Crippen molar-refractivity contribution in [1.29, 1.82) is 0 Å². The monoisotopic (exact) mass is 483 g/mol. The maximum absolute atomic E-state index is 6.10. The van der Waals surface area contributed by atoms with Gasteiger partial charge >= 0.3 is 0 Å². The summed E-state index contributed by atoms with van der Waals surface area (Å²) < 4.78 is 18.1. The van der Waals surface area contributed by atoms with Gasteiger partial charge in [0, 0.05) is 6.54 Å². The van der Waals surface area contributed by atoms with Crippen LogP contribution in [0, 0.1) is 6.92 Å². The van der Waals surface area contributed by atoms with Crippen molar-refractivity contribution in [3.8, 4) is 17.2 Å². The van der Waals surface area contributed by atoms with E-state index in [2.05, 4.69) is 76.7 Å². The molecule has 4 nitrogen and oxygen atoms in total. The first-order valence-corrected chi connectivity index (χ1v) is 11.4. The van der Waals surface area contributed by atoms with Crippen molar-refractivity contribution in [3.05, 3.63) is 87.4 Å². The van der Waals surface area contributed by atoms with Crippen LogP contribution in [0.25, 0.3) is 0 Å². The van der Waals surface area contributed by atoms with Gasteiger partial charge in [0.2, 0.25) is 0 Å². The Morgan fingerprint density at radius 1 is 0.871 bits per heavy atom. The maximum atomic E-state index is 6.10. The second-order valence-corrected chi connectivity index (χ2v) is 8.24. The zero-order valence-corrected chi connectivity index (χ0v) is 20.0. The minimum Gasteiger partial charge on any atom is -0.497 e. The fourth-order valence-corrected chi connectivity index (χ4v) is 3.83. The Morgan fingerprint density at radius 2 is 1.58 bits per heavy atom. The van der Waals surface area contributed by atoms with Crippen LogP contribution in [-0.4, -0.2) is 20.3 Å². The van der Waals surface area contributed by atoms with Gasteiger partial charge < -0.3 is 19.5 Å². The SMILES string of the molecule is CCOc1cc(CNCCc2ccc(OC)cc2)cc(Br)c1OCc1ccc(C)cc1. The van der Waals surface area contributed by atoms with Gasteiger partial charge in [-0.3, -0.25) is 0 Å². The molecule has 0 aliphatic rings. The molecule has 3 aromatic rings. The Bertz CT molecular complexity index is 956. The molecule has 0 saturated heterocycles. The summed E-state index contributed by atoms with van der Waals surface area (Å²) in [4.78, 5) is 0. The number of aryl methyl sites for hydroxylation is 1. The van der Waals surface area contributed by atoms with Gasteiger partial charge in [0.25, 0.3) is 0 Å². The van der Waals surface area contributed by atoms with Gasteiger partial charge in [0.15, 0.2) is 11.5 Å². The van der Waals surface area contributed by atoms with E-state index in [0.29, 0.717) is 13.2 Å². The van der Waals surface area contributed by atoms with E-state index in [-0.39, 0.29) is 0 Å². The van der Waals surface area contributed by atoms with Crippen LogP contribution in [0.4, 0.5) is 0 Å². The van der Waals surface area contributed by atoms with Gasteiger partial charge in [-0.05, 0) is 83.7 Å². The zero-order valence-electron chi connectivity index (χ0n) is 18.4. The number of methoxy groups -OCH3 is 1. The highest BCUT2D eigenvalue weighted by atomic mass is 79.9. The van der Waals surface area contributed by atoms with Crippen molar-refractivity contribution in [1.82, 2.24) is 5.32 Å². The normalized spacial score (nSPS) is 10.7. The molecule has 0 bridgehead atoms. The third kappa shape index (κ3) is 7.01. The Labute approximate surface area is 193 Å². The number of hydrogen-bond acceptors (Lipinski definition) is 4. The molecule has 0 heterocycles. The molecule has 1 N–H and O–H groups in total. The van der Waals surface area contributed by atoms with Crippen LogP contribution in [0.15, 0.2) is 65.1 Å². The van der Waals surface area contributed by atoms with Gasteiger partial charge in [0.1, 0.15) is 12.4 Å². The van der Waals surface area contributed by atoms with E-state index < -0.39 is 0 Å². The molecule has 3 aromatic carbocycles. The number of ether oxygens (including phenoxy) is 3. The van der Waals surface area contributed by atoms with Crippen molar-refractivity contribution in [2.45, 2.75) is 33.4 Å². The Hall–Kier alpha value is -2.50. The van der Waals surface area contributed by atoms with E-state index in [1.807, 2.05) is 19.1 Å². The first-order chi connectivity index (χ1) is 15.1. The minimum atomic E-state index is 0.498. The molecule has 0 saturated carbocycles. The Morgan fingerprint density at radius 3 is 2.26 bits per heavy atom. The molecular formula is C26H30BrNO3. The van der Waals surface area contributed by atoms with E-state index in [4.69, 9.17) is 14.2 Å². The third-order valence-electron chi connectivity index (χ3n) is 4.95. The fourth-order valence-electron chi connectivity index (χ4n) is 3.22. The summed E-state index contributed by atoms with van der Waals surface area (Å²) >= 11 is 3.67.